The summed E-state index contributed by atoms with van der Waals surface area (Å²) < 4.78 is 41.0. The lowest BCUT2D eigenvalue weighted by atomic mass is 9.98. The molecule has 1 aromatic rings. The molecular weight excluding hydrogens is 361 g/mol. The van der Waals surface area contributed by atoms with Crippen LogP contribution >= 0.6 is 0 Å². The van der Waals surface area contributed by atoms with Crippen molar-refractivity contribution in [1.82, 2.24) is 9.97 Å². The van der Waals surface area contributed by atoms with Gasteiger partial charge in [-0.15, -0.1) is 0 Å². The van der Waals surface area contributed by atoms with Gasteiger partial charge in [0.2, 0.25) is 5.95 Å². The normalized spacial score (nSPS) is 27.6. The predicted octanol–water partition coefficient (Wildman–Crippen LogP) is 3.10. The Kier molecular flexibility index (Phi) is 4.43. The molecule has 9 heteroatoms. The molecule has 1 saturated carbocycles. The second kappa shape index (κ2) is 6.53. The Balaban J connectivity index is 1.73. The molecule has 2 fully saturated rings. The van der Waals surface area contributed by atoms with E-state index in [2.05, 4.69) is 9.97 Å². The van der Waals surface area contributed by atoms with Crippen LogP contribution in [-0.2, 0) is 17.4 Å². The van der Waals surface area contributed by atoms with Gasteiger partial charge in [0.15, 0.2) is 5.69 Å². The largest absolute Gasteiger partial charge is 0.481 e. The van der Waals surface area contributed by atoms with Crippen molar-refractivity contribution in [1.29, 1.82) is 0 Å². The first kappa shape index (κ1) is 18.3. The lowest BCUT2D eigenvalue weighted by molar-refractivity contribution is -0.141. The maximum absolute atomic E-state index is 13.7. The van der Waals surface area contributed by atoms with Crippen molar-refractivity contribution in [3.8, 4) is 0 Å². The van der Waals surface area contributed by atoms with E-state index in [-0.39, 0.29) is 42.4 Å². The van der Waals surface area contributed by atoms with E-state index in [1.54, 1.807) is 4.90 Å². The minimum absolute atomic E-state index is 0.0454. The first-order valence-corrected chi connectivity index (χ1v) is 9.49. The molecule has 2 aliphatic heterocycles. The van der Waals surface area contributed by atoms with E-state index < -0.39 is 17.8 Å². The van der Waals surface area contributed by atoms with Crippen LogP contribution in [0.3, 0.4) is 0 Å². The fourth-order valence-corrected chi connectivity index (χ4v) is 4.66. The smallest absolute Gasteiger partial charge is 0.433 e. The van der Waals surface area contributed by atoms with Gasteiger partial charge in [-0.1, -0.05) is 6.42 Å². The van der Waals surface area contributed by atoms with Gasteiger partial charge >= 0.3 is 12.1 Å². The van der Waals surface area contributed by atoms with Crippen molar-refractivity contribution in [2.75, 3.05) is 22.9 Å². The third-order valence-corrected chi connectivity index (χ3v) is 6.15. The molecule has 3 aliphatic rings. The number of anilines is 2. The molecule has 4 rings (SSSR count). The number of hydrogen-bond acceptors (Lipinski definition) is 5. The number of carbonyl (C=O) groups is 1. The highest BCUT2D eigenvalue weighted by Crippen LogP contribution is 2.43. The molecular formula is C18H23F3N4O2. The van der Waals surface area contributed by atoms with Gasteiger partial charge < -0.3 is 14.9 Å². The Morgan fingerprint density at radius 2 is 1.96 bits per heavy atom. The van der Waals surface area contributed by atoms with Crippen LogP contribution in [-0.4, -0.2) is 46.2 Å². The summed E-state index contributed by atoms with van der Waals surface area (Å²) in [4.78, 5) is 23.3. The van der Waals surface area contributed by atoms with Crippen molar-refractivity contribution in [2.24, 2.45) is 5.92 Å². The van der Waals surface area contributed by atoms with Crippen LogP contribution in [0.25, 0.3) is 0 Å². The summed E-state index contributed by atoms with van der Waals surface area (Å²) in [6.07, 6.45) is -0.854. The maximum Gasteiger partial charge on any atom is 0.433 e. The van der Waals surface area contributed by atoms with Crippen LogP contribution in [0.1, 0.15) is 50.3 Å². The molecule has 0 bridgehead atoms. The van der Waals surface area contributed by atoms with E-state index >= 15 is 0 Å². The number of rotatable bonds is 4. The van der Waals surface area contributed by atoms with Gasteiger partial charge in [-0.3, -0.25) is 4.79 Å². The van der Waals surface area contributed by atoms with Gasteiger partial charge in [-0.05, 0) is 38.5 Å². The zero-order valence-electron chi connectivity index (χ0n) is 15.2. The van der Waals surface area contributed by atoms with Crippen molar-refractivity contribution in [3.63, 3.8) is 0 Å². The molecule has 148 valence electrons. The molecule has 1 N–H and O–H groups in total. The molecule has 1 aliphatic carbocycles. The Labute approximate surface area is 155 Å². The zero-order chi connectivity index (χ0) is 19.3. The van der Waals surface area contributed by atoms with Crippen LogP contribution in [0.5, 0.6) is 0 Å². The monoisotopic (exact) mass is 384 g/mol. The fourth-order valence-electron chi connectivity index (χ4n) is 4.66. The third-order valence-electron chi connectivity index (χ3n) is 6.15. The van der Waals surface area contributed by atoms with E-state index in [0.717, 1.165) is 25.7 Å². The zero-order valence-corrected chi connectivity index (χ0v) is 15.2. The van der Waals surface area contributed by atoms with E-state index in [1.165, 1.54) is 0 Å². The highest BCUT2D eigenvalue weighted by molar-refractivity contribution is 5.67. The van der Waals surface area contributed by atoms with Gasteiger partial charge in [0.25, 0.3) is 0 Å². The third kappa shape index (κ3) is 3.21. The lowest BCUT2D eigenvalue weighted by Gasteiger charge is -2.39. The van der Waals surface area contributed by atoms with E-state index in [4.69, 9.17) is 5.11 Å². The minimum Gasteiger partial charge on any atom is -0.481 e. The van der Waals surface area contributed by atoms with Crippen LogP contribution in [0.15, 0.2) is 0 Å². The Morgan fingerprint density at radius 3 is 2.56 bits per heavy atom. The molecule has 27 heavy (non-hydrogen) atoms. The molecule has 0 radical (unpaired) electrons. The summed E-state index contributed by atoms with van der Waals surface area (Å²) in [5.41, 5.74) is -0.683. The Bertz CT molecular complexity index is 755. The molecule has 1 aromatic heterocycles. The average Bonchev–Trinajstić information content (AvgIpc) is 3.17. The number of carboxylic acid groups (broad SMARTS) is 1. The summed E-state index contributed by atoms with van der Waals surface area (Å²) in [6, 6.07) is 0.0604. The molecule has 6 nitrogen and oxygen atoms in total. The number of aromatic nitrogens is 2. The van der Waals surface area contributed by atoms with Gasteiger partial charge in [0.05, 0.1) is 6.42 Å². The quantitative estimate of drug-likeness (QED) is 0.860. The standard InChI is InChI=1S/C18H23F3N4O2/c1-10-5-7-24(10)17-22-15(18(19,20)21)12-6-8-25(16(12)23-17)13-4-2-3-11(13)9-14(26)27/h10-11,13H,2-9H2,1H3,(H,26,27). The number of carboxylic acids is 1. The first-order valence-electron chi connectivity index (χ1n) is 9.49. The number of fused-ring (bicyclic) bond motifs is 1. The summed E-state index contributed by atoms with van der Waals surface area (Å²) in [5, 5.41) is 9.17. The molecule has 0 aromatic carbocycles. The second-order valence-corrected chi connectivity index (χ2v) is 7.80. The van der Waals surface area contributed by atoms with Gasteiger partial charge in [0, 0.05) is 30.7 Å². The van der Waals surface area contributed by atoms with Crippen LogP contribution in [0, 0.1) is 5.92 Å². The number of aliphatic carboxylic acids is 1. The summed E-state index contributed by atoms with van der Waals surface area (Å²) in [6.45, 7) is 3.04. The predicted molar refractivity (Wildman–Crippen MR) is 92.9 cm³/mol. The van der Waals surface area contributed by atoms with Crippen LogP contribution < -0.4 is 9.80 Å². The molecule has 1 saturated heterocycles. The van der Waals surface area contributed by atoms with E-state index in [0.29, 0.717) is 18.9 Å². The van der Waals surface area contributed by atoms with E-state index in [1.807, 2.05) is 11.8 Å². The molecule has 3 unspecified atom stereocenters. The molecule has 0 spiro atoms. The topological polar surface area (TPSA) is 69.6 Å². The highest BCUT2D eigenvalue weighted by Gasteiger charge is 2.44. The fraction of sp³-hybridized carbons (Fsp3) is 0.722. The number of nitrogens with zero attached hydrogens (tertiary/aromatic N) is 4. The van der Waals surface area contributed by atoms with Crippen LogP contribution in [0.2, 0.25) is 0 Å². The van der Waals surface area contributed by atoms with Gasteiger partial charge in [-0.2, -0.15) is 18.2 Å². The van der Waals surface area contributed by atoms with Crippen molar-refractivity contribution in [3.05, 3.63) is 11.3 Å². The number of halogens is 3. The van der Waals surface area contributed by atoms with Gasteiger partial charge in [-0.25, -0.2) is 4.98 Å². The minimum atomic E-state index is -4.53. The second-order valence-electron chi connectivity index (χ2n) is 7.80. The van der Waals surface area contributed by atoms with Crippen molar-refractivity contribution < 1.29 is 23.1 Å². The van der Waals surface area contributed by atoms with Crippen LogP contribution in [0.4, 0.5) is 24.9 Å². The molecule has 3 atom stereocenters. The van der Waals surface area contributed by atoms with E-state index in [9.17, 15) is 18.0 Å². The highest BCUT2D eigenvalue weighted by atomic mass is 19.4. The molecule has 3 heterocycles. The van der Waals surface area contributed by atoms with Gasteiger partial charge in [0.1, 0.15) is 5.82 Å². The maximum atomic E-state index is 13.7. The SMILES string of the molecule is CC1CCN1c1nc2c(c(C(F)(F)F)n1)CCN2C1CCCC1CC(=O)O. The number of hydrogen-bond donors (Lipinski definition) is 1. The lowest BCUT2D eigenvalue weighted by Crippen LogP contribution is -2.47. The number of alkyl halides is 3. The summed E-state index contributed by atoms with van der Waals surface area (Å²) in [5.74, 6) is -0.419. The summed E-state index contributed by atoms with van der Waals surface area (Å²) >= 11 is 0. The Hall–Kier alpha value is -2.06. The van der Waals surface area contributed by atoms with Crippen molar-refractivity contribution >= 4 is 17.7 Å². The first-order chi connectivity index (χ1) is 12.8. The molecule has 0 amide bonds. The average molecular weight is 384 g/mol. The summed E-state index contributed by atoms with van der Waals surface area (Å²) in [7, 11) is 0. The van der Waals surface area contributed by atoms with Crippen molar-refractivity contribution in [2.45, 2.75) is 63.7 Å². The Morgan fingerprint density at radius 1 is 1.19 bits per heavy atom.